The van der Waals surface area contributed by atoms with E-state index in [2.05, 4.69) is 0 Å². The molecular formula is C7H13ClO2S. The zero-order valence-electron chi connectivity index (χ0n) is 6.96. The number of hydrogen-bond donors (Lipinski definition) is 0. The molecule has 0 heterocycles. The van der Waals surface area contributed by atoms with Crippen LogP contribution in [0.4, 0.5) is 0 Å². The minimum atomic E-state index is -3.29. The molecule has 0 aromatic rings. The predicted molar refractivity (Wildman–Crippen MR) is 46.1 cm³/mol. The molecule has 4 heteroatoms. The van der Waals surface area contributed by atoms with Gasteiger partial charge in [-0.1, -0.05) is 20.8 Å². The Balaban J connectivity index is 2.65. The van der Waals surface area contributed by atoms with Gasteiger partial charge in [-0.3, -0.25) is 0 Å². The van der Waals surface area contributed by atoms with Gasteiger partial charge in [0.15, 0.2) is 0 Å². The Kier molecular flexibility index (Phi) is 2.00. The molecule has 1 aliphatic carbocycles. The van der Waals surface area contributed by atoms with E-state index < -0.39 is 9.05 Å². The highest BCUT2D eigenvalue weighted by Crippen LogP contribution is 2.50. The summed E-state index contributed by atoms with van der Waals surface area (Å²) in [6.45, 7) is 6.12. The molecule has 0 radical (unpaired) electrons. The van der Waals surface area contributed by atoms with Gasteiger partial charge in [-0.05, 0) is 17.8 Å². The van der Waals surface area contributed by atoms with E-state index in [1.54, 1.807) is 0 Å². The van der Waals surface area contributed by atoms with Crippen molar-refractivity contribution < 1.29 is 8.42 Å². The van der Waals surface area contributed by atoms with Gasteiger partial charge in [0.05, 0.1) is 5.25 Å². The maximum Gasteiger partial charge on any atom is 0.235 e. The Bertz CT molecular complexity index is 250. The van der Waals surface area contributed by atoms with Crippen molar-refractivity contribution in [2.45, 2.75) is 32.4 Å². The van der Waals surface area contributed by atoms with Crippen molar-refractivity contribution in [2.24, 2.45) is 11.3 Å². The van der Waals surface area contributed by atoms with Crippen LogP contribution < -0.4 is 0 Å². The van der Waals surface area contributed by atoms with Crippen molar-refractivity contribution in [3.8, 4) is 0 Å². The van der Waals surface area contributed by atoms with Crippen LogP contribution in [0.5, 0.6) is 0 Å². The van der Waals surface area contributed by atoms with E-state index in [9.17, 15) is 8.42 Å². The molecule has 1 aliphatic rings. The molecule has 11 heavy (non-hydrogen) atoms. The standard InChI is InChI=1S/C7H13ClO2S/c1-7(2,3)5-4-6(5)11(8,9)10/h5-6H,4H2,1-3H3. The number of hydrogen-bond acceptors (Lipinski definition) is 2. The van der Waals surface area contributed by atoms with Gasteiger partial charge >= 0.3 is 0 Å². The third-order valence-corrected chi connectivity index (χ3v) is 4.14. The average Bonchev–Trinajstić information content (AvgIpc) is 2.30. The highest BCUT2D eigenvalue weighted by atomic mass is 35.7. The van der Waals surface area contributed by atoms with E-state index in [1.165, 1.54) is 0 Å². The first-order chi connectivity index (χ1) is 4.73. The van der Waals surface area contributed by atoms with Crippen LogP contribution in [-0.4, -0.2) is 13.7 Å². The summed E-state index contributed by atoms with van der Waals surface area (Å²) < 4.78 is 21.6. The van der Waals surface area contributed by atoms with E-state index in [0.717, 1.165) is 6.42 Å². The zero-order chi connectivity index (χ0) is 8.86. The van der Waals surface area contributed by atoms with Crippen LogP contribution in [-0.2, 0) is 9.05 Å². The third kappa shape index (κ3) is 2.09. The van der Waals surface area contributed by atoms with E-state index >= 15 is 0 Å². The van der Waals surface area contributed by atoms with Crippen LogP contribution in [0, 0.1) is 11.3 Å². The van der Waals surface area contributed by atoms with Crippen molar-refractivity contribution in [3.63, 3.8) is 0 Å². The fourth-order valence-corrected chi connectivity index (χ4v) is 3.22. The summed E-state index contributed by atoms with van der Waals surface area (Å²) in [5, 5.41) is -0.288. The molecule has 0 aromatic carbocycles. The Labute approximate surface area is 72.4 Å². The third-order valence-electron chi connectivity index (χ3n) is 2.21. The van der Waals surface area contributed by atoms with Crippen molar-refractivity contribution in [1.29, 1.82) is 0 Å². The van der Waals surface area contributed by atoms with Gasteiger partial charge in [0.25, 0.3) is 0 Å². The second kappa shape index (κ2) is 2.36. The van der Waals surface area contributed by atoms with Gasteiger partial charge in [-0.25, -0.2) is 8.42 Å². The largest absolute Gasteiger partial charge is 0.235 e. The predicted octanol–water partition coefficient (Wildman–Crippen LogP) is 1.99. The molecule has 0 spiro atoms. The fourth-order valence-electron chi connectivity index (χ4n) is 1.39. The van der Waals surface area contributed by atoms with E-state index in [1.807, 2.05) is 20.8 Å². The Morgan fingerprint density at radius 2 is 1.82 bits per heavy atom. The first kappa shape index (κ1) is 9.33. The fraction of sp³-hybridized carbons (Fsp3) is 1.00. The van der Waals surface area contributed by atoms with E-state index in [4.69, 9.17) is 10.7 Å². The summed E-state index contributed by atoms with van der Waals surface area (Å²) in [6.07, 6.45) is 0.731. The van der Waals surface area contributed by atoms with Crippen molar-refractivity contribution in [1.82, 2.24) is 0 Å². The Hall–Kier alpha value is 0.240. The van der Waals surface area contributed by atoms with Crippen LogP contribution >= 0.6 is 10.7 Å². The van der Waals surface area contributed by atoms with Gasteiger partial charge in [0.1, 0.15) is 0 Å². The minimum absolute atomic E-state index is 0.0760. The van der Waals surface area contributed by atoms with Crippen molar-refractivity contribution in [3.05, 3.63) is 0 Å². The number of halogens is 1. The molecule has 0 amide bonds. The highest BCUT2D eigenvalue weighted by molar-refractivity contribution is 8.14. The quantitative estimate of drug-likeness (QED) is 0.602. The first-order valence-corrected chi connectivity index (χ1v) is 6.03. The first-order valence-electron chi connectivity index (χ1n) is 3.66. The monoisotopic (exact) mass is 196 g/mol. The van der Waals surface area contributed by atoms with Gasteiger partial charge in [0.2, 0.25) is 9.05 Å². The molecule has 2 atom stereocenters. The Morgan fingerprint density at radius 1 is 1.36 bits per heavy atom. The van der Waals surface area contributed by atoms with Gasteiger partial charge in [-0.2, -0.15) is 0 Å². The molecule has 2 nitrogen and oxygen atoms in total. The molecule has 0 aliphatic heterocycles. The summed E-state index contributed by atoms with van der Waals surface area (Å²) in [6, 6.07) is 0. The van der Waals surface area contributed by atoms with Crippen LogP contribution in [0.15, 0.2) is 0 Å². The molecule has 0 bridgehead atoms. The van der Waals surface area contributed by atoms with E-state index in [0.29, 0.717) is 0 Å². The van der Waals surface area contributed by atoms with Gasteiger partial charge in [-0.15, -0.1) is 0 Å². The molecular weight excluding hydrogens is 184 g/mol. The Morgan fingerprint density at radius 3 is 1.91 bits per heavy atom. The molecule has 0 saturated heterocycles. The average molecular weight is 197 g/mol. The van der Waals surface area contributed by atoms with Crippen LogP contribution in [0.2, 0.25) is 0 Å². The maximum atomic E-state index is 10.8. The maximum absolute atomic E-state index is 10.8. The molecule has 1 fully saturated rings. The summed E-state index contributed by atoms with van der Waals surface area (Å²) in [5.41, 5.74) is 0.0760. The van der Waals surface area contributed by atoms with Gasteiger partial charge in [0, 0.05) is 10.7 Å². The van der Waals surface area contributed by atoms with Crippen molar-refractivity contribution in [2.75, 3.05) is 0 Å². The van der Waals surface area contributed by atoms with Crippen molar-refractivity contribution >= 4 is 19.7 Å². The zero-order valence-corrected chi connectivity index (χ0v) is 8.54. The smallest absolute Gasteiger partial charge is 0.212 e. The molecule has 0 N–H and O–H groups in total. The SMILES string of the molecule is CC(C)(C)C1CC1S(=O)(=O)Cl. The molecule has 1 saturated carbocycles. The second-order valence-electron chi connectivity index (χ2n) is 4.22. The van der Waals surface area contributed by atoms with Gasteiger partial charge < -0.3 is 0 Å². The lowest BCUT2D eigenvalue weighted by Gasteiger charge is -2.16. The lowest BCUT2D eigenvalue weighted by Crippen LogP contribution is -2.13. The lowest BCUT2D eigenvalue weighted by molar-refractivity contribution is 0.351. The normalized spacial score (nSPS) is 32.0. The summed E-state index contributed by atoms with van der Waals surface area (Å²) in [5.74, 6) is 0.255. The molecule has 0 aromatic heterocycles. The molecule has 2 unspecified atom stereocenters. The van der Waals surface area contributed by atoms with E-state index in [-0.39, 0.29) is 16.6 Å². The lowest BCUT2D eigenvalue weighted by atomic mass is 9.90. The summed E-state index contributed by atoms with van der Waals surface area (Å²) in [7, 11) is 1.91. The van der Waals surface area contributed by atoms with Crippen LogP contribution in [0.25, 0.3) is 0 Å². The van der Waals surface area contributed by atoms with Crippen LogP contribution in [0.1, 0.15) is 27.2 Å². The molecule has 66 valence electrons. The molecule has 1 rings (SSSR count). The topological polar surface area (TPSA) is 34.1 Å². The summed E-state index contributed by atoms with van der Waals surface area (Å²) >= 11 is 0. The summed E-state index contributed by atoms with van der Waals surface area (Å²) in [4.78, 5) is 0. The highest BCUT2D eigenvalue weighted by Gasteiger charge is 2.52. The van der Waals surface area contributed by atoms with Crippen LogP contribution in [0.3, 0.4) is 0 Å². The number of rotatable bonds is 1. The second-order valence-corrected chi connectivity index (χ2v) is 7.07. The minimum Gasteiger partial charge on any atom is -0.212 e.